The van der Waals surface area contributed by atoms with Gasteiger partial charge in [0.2, 0.25) is 5.89 Å². The summed E-state index contributed by atoms with van der Waals surface area (Å²) in [5.41, 5.74) is 0.913. The largest absolute Gasteiger partial charge is 0.573 e. The summed E-state index contributed by atoms with van der Waals surface area (Å²) in [5, 5.41) is 8.80. The zero-order chi connectivity index (χ0) is 21.9. The van der Waals surface area contributed by atoms with E-state index in [2.05, 4.69) is 26.6 Å². The zero-order valence-electron chi connectivity index (χ0n) is 16.1. The molecule has 0 aliphatic rings. The predicted molar refractivity (Wildman–Crippen MR) is 103 cm³/mol. The Kier molecular flexibility index (Phi) is 5.86. The highest BCUT2D eigenvalue weighted by atomic mass is 19.4. The van der Waals surface area contributed by atoms with Crippen LogP contribution < -0.4 is 5.56 Å². The average molecular weight is 418 g/mol. The van der Waals surface area contributed by atoms with E-state index >= 15 is 0 Å². The summed E-state index contributed by atoms with van der Waals surface area (Å²) in [6.07, 6.45) is 0.296. The van der Waals surface area contributed by atoms with Crippen molar-refractivity contribution in [2.45, 2.75) is 26.8 Å². The van der Waals surface area contributed by atoms with Crippen LogP contribution in [0.4, 0.5) is 13.2 Å². The van der Waals surface area contributed by atoms with Crippen LogP contribution in [0.2, 0.25) is 0 Å². The predicted octanol–water partition coefficient (Wildman–Crippen LogP) is 4.15. The van der Waals surface area contributed by atoms with Gasteiger partial charge < -0.3 is 9.26 Å². The number of hydrogen-bond donors (Lipinski definition) is 0. The molecule has 7 nitrogen and oxygen atoms in total. The van der Waals surface area contributed by atoms with Crippen LogP contribution in [0.25, 0.3) is 16.3 Å². The van der Waals surface area contributed by atoms with Crippen molar-refractivity contribution in [1.29, 1.82) is 0 Å². The zero-order valence-corrected chi connectivity index (χ0v) is 16.1. The Morgan fingerprint density at radius 2 is 2.10 bits per heavy atom. The van der Waals surface area contributed by atoms with E-state index in [1.165, 1.54) is 17.0 Å². The average Bonchev–Trinajstić information content (AvgIpc) is 3.10. The number of aromatic nitrogens is 4. The fourth-order valence-electron chi connectivity index (χ4n) is 2.65. The molecular weight excluding hydrogens is 401 g/mol. The summed E-state index contributed by atoms with van der Waals surface area (Å²) in [5.74, 6) is 0.257. The molecule has 0 amide bonds. The molecule has 3 rings (SSSR count). The second-order valence-corrected chi connectivity index (χ2v) is 6.32. The standard InChI is InChI=1S/C20H17F3N4O3/c1-4-16(29-20(21,22)23)8-5-12(2)14-6-7-15-10-24-27(19(28)17(15)9-14)11-18-25-13(3)26-30-18/h4-10H,1,11H2,2-3H3/b12-5+,16-8+. The summed E-state index contributed by atoms with van der Waals surface area (Å²) in [7, 11) is 0. The summed E-state index contributed by atoms with van der Waals surface area (Å²) in [4.78, 5) is 16.9. The third-order valence-corrected chi connectivity index (χ3v) is 4.10. The van der Waals surface area contributed by atoms with Gasteiger partial charge in [-0.2, -0.15) is 10.1 Å². The van der Waals surface area contributed by atoms with E-state index in [1.54, 1.807) is 32.0 Å². The lowest BCUT2D eigenvalue weighted by atomic mass is 10.0. The lowest BCUT2D eigenvalue weighted by Gasteiger charge is -2.09. The number of halogens is 3. The topological polar surface area (TPSA) is 83.0 Å². The van der Waals surface area contributed by atoms with Crippen LogP contribution in [0.3, 0.4) is 0 Å². The molecule has 156 valence electrons. The van der Waals surface area contributed by atoms with E-state index < -0.39 is 12.1 Å². The molecule has 0 fully saturated rings. The number of ether oxygens (including phenoxy) is 1. The maximum absolute atomic E-state index is 12.8. The Labute approximate surface area is 168 Å². The van der Waals surface area contributed by atoms with Gasteiger partial charge in [-0.25, -0.2) is 4.68 Å². The summed E-state index contributed by atoms with van der Waals surface area (Å²) < 4.78 is 47.2. The molecule has 3 aromatic rings. The van der Waals surface area contributed by atoms with Crippen LogP contribution >= 0.6 is 0 Å². The smallest absolute Gasteiger partial charge is 0.406 e. The highest BCUT2D eigenvalue weighted by Crippen LogP contribution is 2.23. The SMILES string of the molecule is C=C/C(=C\C=C(/C)c1ccc2cnn(Cc3nc(C)no3)c(=O)c2c1)OC(F)(F)F. The van der Waals surface area contributed by atoms with Crippen molar-refractivity contribution < 1.29 is 22.4 Å². The second kappa shape index (κ2) is 8.36. The molecule has 0 bridgehead atoms. The second-order valence-electron chi connectivity index (χ2n) is 6.32. The molecule has 10 heteroatoms. The van der Waals surface area contributed by atoms with E-state index in [-0.39, 0.29) is 18.0 Å². The highest BCUT2D eigenvalue weighted by Gasteiger charge is 2.31. The Bertz CT molecular complexity index is 1210. The Hall–Kier alpha value is -3.69. The Morgan fingerprint density at radius 3 is 2.73 bits per heavy atom. The Balaban J connectivity index is 1.94. The molecule has 2 heterocycles. The molecule has 30 heavy (non-hydrogen) atoms. The van der Waals surface area contributed by atoms with Crippen molar-refractivity contribution in [1.82, 2.24) is 19.9 Å². The molecule has 0 saturated carbocycles. The van der Waals surface area contributed by atoms with Crippen LogP contribution in [0, 0.1) is 6.92 Å². The van der Waals surface area contributed by atoms with Crippen molar-refractivity contribution in [2.24, 2.45) is 0 Å². The van der Waals surface area contributed by atoms with Crippen molar-refractivity contribution in [3.05, 3.63) is 82.6 Å². The normalized spacial score (nSPS) is 13.0. The van der Waals surface area contributed by atoms with Gasteiger partial charge in [0.05, 0.1) is 11.6 Å². The van der Waals surface area contributed by atoms with Crippen LogP contribution in [0.5, 0.6) is 0 Å². The van der Waals surface area contributed by atoms with Gasteiger partial charge >= 0.3 is 6.36 Å². The van der Waals surface area contributed by atoms with Gasteiger partial charge in [0.15, 0.2) is 5.82 Å². The first kappa shape index (κ1) is 21.0. The first-order valence-electron chi connectivity index (χ1n) is 8.72. The molecule has 1 aromatic carbocycles. The molecule has 0 N–H and O–H groups in total. The van der Waals surface area contributed by atoms with Crippen molar-refractivity contribution >= 4 is 16.3 Å². The van der Waals surface area contributed by atoms with Gasteiger partial charge in [-0.05, 0) is 43.2 Å². The molecule has 0 saturated heterocycles. The molecule has 0 aliphatic carbocycles. The highest BCUT2D eigenvalue weighted by molar-refractivity contribution is 5.84. The van der Waals surface area contributed by atoms with E-state index in [0.29, 0.717) is 27.7 Å². The molecule has 0 spiro atoms. The first-order valence-corrected chi connectivity index (χ1v) is 8.72. The number of rotatable bonds is 6. The van der Waals surface area contributed by atoms with Crippen molar-refractivity contribution in [2.75, 3.05) is 0 Å². The summed E-state index contributed by atoms with van der Waals surface area (Å²) in [6, 6.07) is 5.10. The van der Waals surface area contributed by atoms with Crippen molar-refractivity contribution in [3.63, 3.8) is 0 Å². The number of alkyl halides is 3. The summed E-state index contributed by atoms with van der Waals surface area (Å²) in [6.45, 7) is 6.69. The maximum atomic E-state index is 12.8. The Morgan fingerprint density at radius 1 is 1.33 bits per heavy atom. The molecule has 0 aliphatic heterocycles. The number of fused-ring (bicyclic) bond motifs is 1. The van der Waals surface area contributed by atoms with Gasteiger partial charge in [0.25, 0.3) is 5.56 Å². The number of benzene rings is 1. The third-order valence-electron chi connectivity index (χ3n) is 4.10. The monoisotopic (exact) mass is 418 g/mol. The van der Waals surface area contributed by atoms with Gasteiger partial charge in [0.1, 0.15) is 12.3 Å². The first-order chi connectivity index (χ1) is 14.2. The fraction of sp³-hybridized carbons (Fsp3) is 0.200. The lowest BCUT2D eigenvalue weighted by molar-refractivity contribution is -0.303. The molecule has 0 unspecified atom stereocenters. The van der Waals surface area contributed by atoms with Gasteiger partial charge in [-0.15, -0.1) is 13.2 Å². The third kappa shape index (κ3) is 5.02. The van der Waals surface area contributed by atoms with Gasteiger partial charge in [-0.3, -0.25) is 4.79 Å². The molecule has 0 atom stereocenters. The minimum Gasteiger partial charge on any atom is -0.406 e. The number of hydrogen-bond acceptors (Lipinski definition) is 6. The number of nitrogens with zero attached hydrogens (tertiary/aromatic N) is 4. The lowest BCUT2D eigenvalue weighted by Crippen LogP contribution is -2.23. The minimum absolute atomic E-state index is 0.0227. The van der Waals surface area contributed by atoms with E-state index in [1.807, 2.05) is 0 Å². The van der Waals surface area contributed by atoms with Crippen LogP contribution in [0.15, 0.2) is 64.3 Å². The van der Waals surface area contributed by atoms with E-state index in [0.717, 1.165) is 12.2 Å². The molecular formula is C20H17F3N4O3. The quantitative estimate of drug-likeness (QED) is 0.442. The van der Waals surface area contributed by atoms with Crippen molar-refractivity contribution in [3.8, 4) is 0 Å². The minimum atomic E-state index is -4.81. The molecule has 2 aromatic heterocycles. The fourth-order valence-corrected chi connectivity index (χ4v) is 2.65. The van der Waals surface area contributed by atoms with Gasteiger partial charge in [0, 0.05) is 5.39 Å². The summed E-state index contributed by atoms with van der Waals surface area (Å²) >= 11 is 0. The van der Waals surface area contributed by atoms with Crippen LogP contribution in [0.1, 0.15) is 24.2 Å². The number of allylic oxidation sites excluding steroid dienone is 4. The number of aryl methyl sites for hydroxylation is 1. The van der Waals surface area contributed by atoms with E-state index in [4.69, 9.17) is 4.52 Å². The van der Waals surface area contributed by atoms with Crippen LogP contribution in [-0.4, -0.2) is 26.3 Å². The molecule has 0 radical (unpaired) electrons. The van der Waals surface area contributed by atoms with E-state index in [9.17, 15) is 18.0 Å². The van der Waals surface area contributed by atoms with Crippen LogP contribution in [-0.2, 0) is 11.3 Å². The van der Waals surface area contributed by atoms with Gasteiger partial charge in [-0.1, -0.05) is 29.9 Å². The maximum Gasteiger partial charge on any atom is 0.573 e.